The first-order valence-electron chi connectivity index (χ1n) is 10.3. The molecule has 0 unspecified atom stereocenters. The van der Waals surface area contributed by atoms with Gasteiger partial charge < -0.3 is 14.8 Å². The second-order valence-corrected chi connectivity index (χ2v) is 8.50. The highest BCUT2D eigenvalue weighted by Gasteiger charge is 2.25. The molecule has 0 aromatic heterocycles. The van der Waals surface area contributed by atoms with Gasteiger partial charge in [0.05, 0.1) is 11.6 Å². The van der Waals surface area contributed by atoms with Gasteiger partial charge in [0.15, 0.2) is 5.78 Å². The predicted molar refractivity (Wildman–Crippen MR) is 117 cm³/mol. The van der Waals surface area contributed by atoms with Crippen LogP contribution in [0.1, 0.15) is 59.9 Å². The third-order valence-corrected chi connectivity index (χ3v) is 4.69. The molecule has 1 aliphatic heterocycles. The number of ketones is 1. The molecular formula is C24H28N2O5. The number of hydrogen-bond donors (Lipinski definition) is 2. The molecule has 2 N–H and O–H groups in total. The molecule has 164 valence electrons. The van der Waals surface area contributed by atoms with E-state index < -0.39 is 17.7 Å². The molecule has 3 rings (SSSR count). The number of nitrogens with one attached hydrogen (secondary N) is 2. The molecule has 0 spiro atoms. The molecule has 0 aliphatic carbocycles. The van der Waals surface area contributed by atoms with E-state index in [0.717, 1.165) is 24.9 Å². The van der Waals surface area contributed by atoms with E-state index in [-0.39, 0.29) is 24.0 Å². The summed E-state index contributed by atoms with van der Waals surface area (Å²) in [4.78, 5) is 37.8. The number of amides is 1. The highest BCUT2D eigenvalue weighted by molar-refractivity contribution is 6.04. The number of carbonyl (C=O) groups excluding carboxylic acids is 3. The van der Waals surface area contributed by atoms with Gasteiger partial charge in [0, 0.05) is 11.3 Å². The summed E-state index contributed by atoms with van der Waals surface area (Å²) in [6, 6.07) is 13.6. The van der Waals surface area contributed by atoms with Crippen molar-refractivity contribution in [3.63, 3.8) is 0 Å². The minimum absolute atomic E-state index is 0.108. The first kappa shape index (κ1) is 22.5. The summed E-state index contributed by atoms with van der Waals surface area (Å²) in [5.74, 6) is -0.701. The molecule has 1 saturated heterocycles. The fraction of sp³-hybridized carbons (Fsp3) is 0.375. The molecule has 1 amide bonds. The van der Waals surface area contributed by atoms with Crippen molar-refractivity contribution < 1.29 is 23.9 Å². The molecule has 1 heterocycles. The number of carbonyl (C=O) groups is 3. The summed E-state index contributed by atoms with van der Waals surface area (Å²) in [6.07, 6.45) is 0.980. The van der Waals surface area contributed by atoms with Gasteiger partial charge in [-0.25, -0.2) is 9.59 Å². The second-order valence-electron chi connectivity index (χ2n) is 8.50. The van der Waals surface area contributed by atoms with E-state index in [1.807, 2.05) is 30.3 Å². The summed E-state index contributed by atoms with van der Waals surface area (Å²) in [6.45, 7) is 6.15. The van der Waals surface area contributed by atoms with E-state index >= 15 is 0 Å². The van der Waals surface area contributed by atoms with Crippen LogP contribution in [-0.2, 0) is 16.1 Å². The minimum Gasteiger partial charge on any atom is -0.457 e. The molecule has 1 aliphatic rings. The molecule has 0 bridgehead atoms. The van der Waals surface area contributed by atoms with Crippen molar-refractivity contribution in [1.29, 1.82) is 0 Å². The van der Waals surface area contributed by atoms with Crippen LogP contribution in [0, 0.1) is 0 Å². The zero-order valence-corrected chi connectivity index (χ0v) is 18.1. The van der Waals surface area contributed by atoms with Crippen molar-refractivity contribution >= 4 is 23.5 Å². The molecule has 7 heteroatoms. The van der Waals surface area contributed by atoms with Crippen LogP contribution < -0.4 is 10.6 Å². The number of esters is 1. The average Bonchev–Trinajstić information content (AvgIpc) is 3.25. The van der Waals surface area contributed by atoms with E-state index in [1.165, 1.54) is 12.1 Å². The van der Waals surface area contributed by atoms with Crippen LogP contribution in [0.2, 0.25) is 0 Å². The van der Waals surface area contributed by atoms with Crippen molar-refractivity contribution in [1.82, 2.24) is 5.32 Å². The lowest BCUT2D eigenvalue weighted by molar-refractivity contribution is 0.0471. The van der Waals surface area contributed by atoms with Gasteiger partial charge in [0.2, 0.25) is 0 Å². The van der Waals surface area contributed by atoms with Crippen LogP contribution >= 0.6 is 0 Å². The van der Waals surface area contributed by atoms with Gasteiger partial charge in [0.1, 0.15) is 12.2 Å². The van der Waals surface area contributed by atoms with Gasteiger partial charge in [-0.3, -0.25) is 10.1 Å². The van der Waals surface area contributed by atoms with Crippen LogP contribution in [0.4, 0.5) is 10.5 Å². The molecule has 0 saturated carbocycles. The van der Waals surface area contributed by atoms with E-state index in [0.29, 0.717) is 11.3 Å². The Morgan fingerprint density at radius 1 is 1.06 bits per heavy atom. The number of hydrogen-bond acceptors (Lipinski definition) is 6. The number of Topliss-reactive ketones (excluding diaryl/α,β-unsaturated/α-hetero) is 1. The zero-order chi connectivity index (χ0) is 22.4. The number of benzene rings is 2. The Labute approximate surface area is 182 Å². The zero-order valence-electron chi connectivity index (χ0n) is 18.1. The highest BCUT2D eigenvalue weighted by Crippen LogP contribution is 2.21. The van der Waals surface area contributed by atoms with Crippen molar-refractivity contribution in [3.05, 3.63) is 65.2 Å². The third-order valence-electron chi connectivity index (χ3n) is 4.69. The van der Waals surface area contributed by atoms with Crippen molar-refractivity contribution in [2.24, 2.45) is 0 Å². The fourth-order valence-corrected chi connectivity index (χ4v) is 3.30. The Morgan fingerprint density at radius 3 is 2.42 bits per heavy atom. The summed E-state index contributed by atoms with van der Waals surface area (Å²) in [5, 5.41) is 5.78. The lowest BCUT2D eigenvalue weighted by Crippen LogP contribution is -2.31. The summed E-state index contributed by atoms with van der Waals surface area (Å²) in [7, 11) is 0. The third kappa shape index (κ3) is 6.65. The Morgan fingerprint density at radius 2 is 1.77 bits per heavy atom. The summed E-state index contributed by atoms with van der Waals surface area (Å²) < 4.78 is 10.7. The fourth-order valence-electron chi connectivity index (χ4n) is 3.30. The van der Waals surface area contributed by atoms with E-state index in [9.17, 15) is 14.4 Å². The molecule has 1 atom stereocenters. The Hall–Kier alpha value is -3.19. The van der Waals surface area contributed by atoms with Crippen molar-refractivity contribution in [2.75, 3.05) is 11.9 Å². The van der Waals surface area contributed by atoms with Gasteiger partial charge in [-0.15, -0.1) is 0 Å². The monoisotopic (exact) mass is 424 g/mol. The van der Waals surface area contributed by atoms with Crippen molar-refractivity contribution in [2.45, 2.75) is 51.9 Å². The van der Waals surface area contributed by atoms with E-state index in [1.54, 1.807) is 26.8 Å². The van der Waals surface area contributed by atoms with Crippen LogP contribution in [0.25, 0.3) is 0 Å². The lowest BCUT2D eigenvalue weighted by Gasteiger charge is -2.20. The van der Waals surface area contributed by atoms with Crippen LogP contribution in [0.5, 0.6) is 0 Å². The summed E-state index contributed by atoms with van der Waals surface area (Å²) >= 11 is 0. The van der Waals surface area contributed by atoms with Crippen LogP contribution in [0.3, 0.4) is 0 Å². The molecule has 31 heavy (non-hydrogen) atoms. The molecular weight excluding hydrogens is 396 g/mol. The van der Waals surface area contributed by atoms with Crippen molar-refractivity contribution in [3.8, 4) is 0 Å². The van der Waals surface area contributed by atoms with Gasteiger partial charge in [0.25, 0.3) is 0 Å². The van der Waals surface area contributed by atoms with Gasteiger partial charge in [-0.1, -0.05) is 30.3 Å². The first-order chi connectivity index (χ1) is 14.7. The Kier molecular flexibility index (Phi) is 7.07. The summed E-state index contributed by atoms with van der Waals surface area (Å²) in [5.41, 5.74) is 0.989. The van der Waals surface area contributed by atoms with Gasteiger partial charge in [-0.05, 0) is 63.9 Å². The maximum absolute atomic E-state index is 12.9. The standard InChI is InChI=1S/C24H28N2O5/c1-24(2,3)31-23(29)26-19-13-17(21(27)20-10-7-11-25-20)12-18(14-19)22(28)30-15-16-8-5-4-6-9-16/h4-6,8-9,12-14,20,25H,7,10-11,15H2,1-3H3,(H,26,29)/t20-/m0/s1. The molecule has 7 nitrogen and oxygen atoms in total. The smallest absolute Gasteiger partial charge is 0.412 e. The largest absolute Gasteiger partial charge is 0.457 e. The minimum atomic E-state index is -0.678. The maximum atomic E-state index is 12.9. The van der Waals surface area contributed by atoms with E-state index in [4.69, 9.17) is 9.47 Å². The van der Waals surface area contributed by atoms with Crippen LogP contribution in [-0.4, -0.2) is 36.0 Å². The van der Waals surface area contributed by atoms with Crippen LogP contribution in [0.15, 0.2) is 48.5 Å². The molecule has 2 aromatic carbocycles. The SMILES string of the molecule is CC(C)(C)OC(=O)Nc1cc(C(=O)OCc2ccccc2)cc(C(=O)[C@@H]2CCCN2)c1. The average molecular weight is 424 g/mol. The lowest BCUT2D eigenvalue weighted by atomic mass is 10.00. The molecule has 2 aromatic rings. The first-order valence-corrected chi connectivity index (χ1v) is 10.3. The van der Waals surface area contributed by atoms with E-state index in [2.05, 4.69) is 10.6 Å². The predicted octanol–water partition coefficient (Wildman–Crippen LogP) is 4.33. The maximum Gasteiger partial charge on any atom is 0.412 e. The Balaban J connectivity index is 1.82. The quantitative estimate of drug-likeness (QED) is 0.530. The van der Waals surface area contributed by atoms with Gasteiger partial charge in [-0.2, -0.15) is 0 Å². The highest BCUT2D eigenvalue weighted by atomic mass is 16.6. The Bertz CT molecular complexity index is 944. The number of ether oxygens (including phenoxy) is 2. The number of rotatable bonds is 6. The molecule has 0 radical (unpaired) electrons. The van der Waals surface area contributed by atoms with Gasteiger partial charge >= 0.3 is 12.1 Å². The molecule has 1 fully saturated rings. The number of anilines is 1. The second kappa shape index (κ2) is 9.75. The topological polar surface area (TPSA) is 93.7 Å². The normalized spacial score (nSPS) is 15.9.